The fourth-order valence-electron chi connectivity index (χ4n) is 3.69. The highest BCUT2D eigenvalue weighted by atomic mass is 19.1. The van der Waals surface area contributed by atoms with Gasteiger partial charge in [-0.3, -0.25) is 9.36 Å². The highest BCUT2D eigenvalue weighted by molar-refractivity contribution is 5.99. The van der Waals surface area contributed by atoms with Crippen LogP contribution in [0.15, 0.2) is 52.4 Å². The average molecular weight is 393 g/mol. The van der Waals surface area contributed by atoms with Crippen LogP contribution in [0.5, 0.6) is 0 Å². The van der Waals surface area contributed by atoms with Crippen molar-refractivity contribution in [2.24, 2.45) is 5.10 Å². The van der Waals surface area contributed by atoms with Crippen LogP contribution in [0.25, 0.3) is 10.9 Å². The predicted octanol–water partition coefficient (Wildman–Crippen LogP) is 3.99. The summed E-state index contributed by atoms with van der Waals surface area (Å²) in [6.07, 6.45) is 2.20. The van der Waals surface area contributed by atoms with Gasteiger partial charge in [0.05, 0.1) is 22.3 Å². The molecule has 0 amide bonds. The maximum atomic E-state index is 14.6. The van der Waals surface area contributed by atoms with Gasteiger partial charge in [0, 0.05) is 25.2 Å². The minimum atomic E-state index is -0.242. The van der Waals surface area contributed by atoms with E-state index in [9.17, 15) is 9.18 Å². The summed E-state index contributed by atoms with van der Waals surface area (Å²) in [6.45, 7) is 5.94. The molecule has 0 radical (unpaired) electrons. The zero-order chi connectivity index (χ0) is 20.4. The Kier molecular flexibility index (Phi) is 5.29. The number of aromatic nitrogens is 2. The van der Waals surface area contributed by atoms with Crippen LogP contribution in [0.4, 0.5) is 16.0 Å². The van der Waals surface area contributed by atoms with E-state index < -0.39 is 0 Å². The number of anilines is 2. The number of benzene rings is 2. The first-order valence-electron chi connectivity index (χ1n) is 9.93. The summed E-state index contributed by atoms with van der Waals surface area (Å²) in [5.41, 5.74) is 5.32. The standard InChI is InChI=1S/C22H24FN5O/c1-3-28-21(29)17-8-4-5-9-19(17)24-22(28)26-25-15(2)16-10-11-20(18(23)14-16)27-12-6-7-13-27/h4-5,8-11,14H,3,6-7,12-13H2,1-2H3,(H,24,26)/b25-15-. The Labute approximate surface area is 168 Å². The lowest BCUT2D eigenvalue weighted by Gasteiger charge is -2.18. The first kappa shape index (κ1) is 19.1. The minimum absolute atomic E-state index is 0.116. The van der Waals surface area contributed by atoms with E-state index in [4.69, 9.17) is 0 Å². The number of nitrogens with one attached hydrogen (secondary N) is 1. The van der Waals surface area contributed by atoms with E-state index in [2.05, 4.69) is 20.4 Å². The molecule has 6 nitrogen and oxygen atoms in total. The molecule has 2 aromatic carbocycles. The number of halogens is 1. The van der Waals surface area contributed by atoms with Crippen LogP contribution in [0.2, 0.25) is 0 Å². The van der Waals surface area contributed by atoms with E-state index in [0.29, 0.717) is 40.4 Å². The number of rotatable bonds is 5. The lowest BCUT2D eigenvalue weighted by Crippen LogP contribution is -2.23. The molecular formula is C22H24FN5O. The number of hydrogen-bond donors (Lipinski definition) is 1. The van der Waals surface area contributed by atoms with Crippen molar-refractivity contribution < 1.29 is 4.39 Å². The summed E-state index contributed by atoms with van der Waals surface area (Å²) in [5, 5.41) is 4.92. The zero-order valence-electron chi connectivity index (χ0n) is 16.7. The molecule has 4 rings (SSSR count). The van der Waals surface area contributed by atoms with Gasteiger partial charge in [0.1, 0.15) is 5.82 Å². The monoisotopic (exact) mass is 393 g/mol. The molecule has 1 aromatic heterocycles. The summed E-state index contributed by atoms with van der Waals surface area (Å²) in [4.78, 5) is 19.3. The van der Waals surface area contributed by atoms with E-state index in [1.54, 1.807) is 19.1 Å². The smallest absolute Gasteiger partial charge is 0.262 e. The van der Waals surface area contributed by atoms with Crippen molar-refractivity contribution in [2.75, 3.05) is 23.4 Å². The normalized spacial score (nSPS) is 14.6. The van der Waals surface area contributed by atoms with Crippen LogP contribution in [0, 0.1) is 5.82 Å². The Morgan fingerprint density at radius 3 is 2.69 bits per heavy atom. The Hall–Kier alpha value is -3.22. The molecule has 0 spiro atoms. The fourth-order valence-corrected chi connectivity index (χ4v) is 3.69. The van der Waals surface area contributed by atoms with Gasteiger partial charge in [0.25, 0.3) is 5.56 Å². The van der Waals surface area contributed by atoms with Crippen LogP contribution in [-0.4, -0.2) is 28.4 Å². The van der Waals surface area contributed by atoms with Crippen molar-refractivity contribution in [3.8, 4) is 0 Å². The molecule has 0 bridgehead atoms. The Morgan fingerprint density at radius 1 is 1.21 bits per heavy atom. The molecule has 0 saturated carbocycles. The molecule has 1 N–H and O–H groups in total. The van der Waals surface area contributed by atoms with Gasteiger partial charge >= 0.3 is 0 Å². The Morgan fingerprint density at radius 2 is 1.97 bits per heavy atom. The Bertz CT molecular complexity index is 1130. The fraction of sp³-hybridized carbons (Fsp3) is 0.318. The van der Waals surface area contributed by atoms with Crippen LogP contribution in [0.3, 0.4) is 0 Å². The summed E-state index contributed by atoms with van der Waals surface area (Å²) in [5.74, 6) is 0.123. The molecule has 1 aliphatic heterocycles. The second-order valence-electron chi connectivity index (χ2n) is 7.17. The first-order valence-corrected chi connectivity index (χ1v) is 9.93. The second-order valence-corrected chi connectivity index (χ2v) is 7.17. The molecule has 150 valence electrons. The van der Waals surface area contributed by atoms with Crippen LogP contribution < -0.4 is 15.9 Å². The number of hydrogen-bond acceptors (Lipinski definition) is 5. The van der Waals surface area contributed by atoms with Crippen molar-refractivity contribution in [3.05, 3.63) is 64.2 Å². The van der Waals surface area contributed by atoms with E-state index in [-0.39, 0.29) is 11.4 Å². The van der Waals surface area contributed by atoms with Gasteiger partial charge in [-0.2, -0.15) is 5.10 Å². The van der Waals surface area contributed by atoms with Crippen molar-refractivity contribution in [2.45, 2.75) is 33.2 Å². The average Bonchev–Trinajstić information content (AvgIpc) is 3.26. The molecular weight excluding hydrogens is 369 g/mol. The molecule has 3 aromatic rings. The van der Waals surface area contributed by atoms with Crippen molar-refractivity contribution in [1.82, 2.24) is 9.55 Å². The molecule has 7 heteroatoms. The van der Waals surface area contributed by atoms with E-state index in [1.165, 1.54) is 10.6 Å². The largest absolute Gasteiger partial charge is 0.369 e. The van der Waals surface area contributed by atoms with Crippen LogP contribution in [-0.2, 0) is 6.54 Å². The predicted molar refractivity (Wildman–Crippen MR) is 115 cm³/mol. The Balaban J connectivity index is 1.62. The van der Waals surface area contributed by atoms with Crippen molar-refractivity contribution in [3.63, 3.8) is 0 Å². The topological polar surface area (TPSA) is 62.5 Å². The maximum Gasteiger partial charge on any atom is 0.262 e. The number of fused-ring (bicyclic) bond motifs is 1. The lowest BCUT2D eigenvalue weighted by molar-refractivity contribution is 0.623. The van der Waals surface area contributed by atoms with E-state index in [0.717, 1.165) is 25.9 Å². The summed E-state index contributed by atoms with van der Waals surface area (Å²) >= 11 is 0. The number of hydrazone groups is 1. The SMILES string of the molecule is CCn1c(N/N=C(/C)c2ccc(N3CCCC3)c(F)c2)nc2ccccc2c1=O. The van der Waals surface area contributed by atoms with Gasteiger partial charge in [0.2, 0.25) is 5.95 Å². The molecule has 1 aliphatic rings. The van der Waals surface area contributed by atoms with Crippen LogP contribution in [0.1, 0.15) is 32.3 Å². The molecule has 2 heterocycles. The summed E-state index contributed by atoms with van der Waals surface area (Å²) in [6, 6.07) is 12.4. The van der Waals surface area contributed by atoms with Gasteiger partial charge in [0.15, 0.2) is 0 Å². The van der Waals surface area contributed by atoms with Gasteiger partial charge in [-0.1, -0.05) is 18.2 Å². The van der Waals surface area contributed by atoms with Gasteiger partial charge < -0.3 is 4.90 Å². The van der Waals surface area contributed by atoms with Crippen LogP contribution >= 0.6 is 0 Å². The quantitative estimate of drug-likeness (QED) is 0.526. The van der Waals surface area contributed by atoms with Gasteiger partial charge in [-0.15, -0.1) is 0 Å². The van der Waals surface area contributed by atoms with E-state index in [1.807, 2.05) is 31.2 Å². The third kappa shape index (κ3) is 3.72. The lowest BCUT2D eigenvalue weighted by atomic mass is 10.1. The van der Waals surface area contributed by atoms with E-state index >= 15 is 0 Å². The second kappa shape index (κ2) is 8.03. The summed E-state index contributed by atoms with van der Waals surface area (Å²) in [7, 11) is 0. The number of nitrogens with zero attached hydrogens (tertiary/aromatic N) is 4. The molecule has 29 heavy (non-hydrogen) atoms. The zero-order valence-corrected chi connectivity index (χ0v) is 16.7. The molecule has 1 fully saturated rings. The van der Waals surface area contributed by atoms with Gasteiger partial charge in [-0.05, 0) is 51.0 Å². The van der Waals surface area contributed by atoms with Crippen molar-refractivity contribution >= 4 is 28.3 Å². The molecule has 0 aliphatic carbocycles. The third-order valence-corrected chi connectivity index (χ3v) is 5.31. The molecule has 1 saturated heterocycles. The minimum Gasteiger partial charge on any atom is -0.369 e. The number of para-hydroxylation sites is 1. The van der Waals surface area contributed by atoms with Crippen molar-refractivity contribution in [1.29, 1.82) is 0 Å². The third-order valence-electron chi connectivity index (χ3n) is 5.31. The highest BCUT2D eigenvalue weighted by Crippen LogP contribution is 2.24. The summed E-state index contributed by atoms with van der Waals surface area (Å²) < 4.78 is 16.1. The molecule has 0 unspecified atom stereocenters. The first-order chi connectivity index (χ1) is 14.1. The highest BCUT2D eigenvalue weighted by Gasteiger charge is 2.16. The molecule has 0 atom stereocenters. The maximum absolute atomic E-state index is 14.6. The van der Waals surface area contributed by atoms with Gasteiger partial charge in [-0.25, -0.2) is 14.8 Å².